The van der Waals surface area contributed by atoms with Crippen LogP contribution in [0.5, 0.6) is 34.5 Å². The second-order valence-corrected chi connectivity index (χ2v) is 9.07. The fraction of sp³-hybridized carbons (Fsp3) is 0.219. The molecule has 0 fully saturated rings. The number of carbonyl (C=O) groups is 1. The van der Waals surface area contributed by atoms with E-state index in [1.807, 2.05) is 89.8 Å². The molecular weight excluding hydrogens is 494 g/mol. The van der Waals surface area contributed by atoms with E-state index in [0.717, 1.165) is 16.9 Å². The maximum absolute atomic E-state index is 14.1. The molecule has 0 bridgehead atoms. The Balaban J connectivity index is 1.49. The lowest BCUT2D eigenvalue weighted by Gasteiger charge is -2.38. The van der Waals surface area contributed by atoms with Crippen molar-refractivity contribution in [3.63, 3.8) is 0 Å². The lowest BCUT2D eigenvalue weighted by atomic mass is 9.91. The van der Waals surface area contributed by atoms with Gasteiger partial charge in [0.1, 0.15) is 29.6 Å². The summed E-state index contributed by atoms with van der Waals surface area (Å²) in [7, 11) is 4.85. The van der Waals surface area contributed by atoms with Crippen molar-refractivity contribution in [2.24, 2.45) is 0 Å². The van der Waals surface area contributed by atoms with Gasteiger partial charge in [0.2, 0.25) is 0 Å². The van der Waals surface area contributed by atoms with Crippen molar-refractivity contribution in [3.8, 4) is 34.5 Å². The van der Waals surface area contributed by atoms with Crippen LogP contribution in [-0.4, -0.2) is 45.3 Å². The lowest BCUT2D eigenvalue weighted by Crippen LogP contribution is -2.42. The topological polar surface area (TPSA) is 66.5 Å². The van der Waals surface area contributed by atoms with Crippen molar-refractivity contribution in [2.75, 3.05) is 34.5 Å². The van der Waals surface area contributed by atoms with E-state index in [2.05, 4.69) is 0 Å². The number of ether oxygens (including phenoxy) is 5. The van der Waals surface area contributed by atoms with Crippen LogP contribution in [0.25, 0.3) is 0 Å². The van der Waals surface area contributed by atoms with E-state index in [0.29, 0.717) is 47.3 Å². The van der Waals surface area contributed by atoms with E-state index in [9.17, 15) is 4.79 Å². The molecule has 1 aliphatic heterocycles. The van der Waals surface area contributed by atoms with Crippen LogP contribution in [0, 0.1) is 0 Å². The van der Waals surface area contributed by atoms with E-state index in [1.54, 1.807) is 27.4 Å². The molecule has 1 aliphatic rings. The van der Waals surface area contributed by atoms with Crippen LogP contribution in [0.1, 0.15) is 27.5 Å². The van der Waals surface area contributed by atoms with Gasteiger partial charge in [0, 0.05) is 6.54 Å². The molecule has 0 aromatic heterocycles. The molecule has 7 nitrogen and oxygen atoms in total. The Labute approximate surface area is 228 Å². The molecule has 200 valence electrons. The molecule has 39 heavy (non-hydrogen) atoms. The standard InChI is InChI=1S/C32H31NO6/c1-35-23-13-15-24(16-14-23)38-21-28-27-20-31(37-3)30(36-2)19-22(27)17-18-33(28)32(34)26-11-7-8-12-29(26)39-25-9-5-4-6-10-25/h4-16,19-20,28H,17-18,21H2,1-3H3. The van der Waals surface area contributed by atoms with E-state index in [-0.39, 0.29) is 18.6 Å². The van der Waals surface area contributed by atoms with Crippen LogP contribution in [0.2, 0.25) is 0 Å². The zero-order valence-corrected chi connectivity index (χ0v) is 22.3. The van der Waals surface area contributed by atoms with Crippen molar-refractivity contribution in [3.05, 3.63) is 108 Å². The molecule has 0 saturated heterocycles. The molecule has 0 spiro atoms. The average Bonchev–Trinajstić information content (AvgIpc) is 2.99. The smallest absolute Gasteiger partial charge is 0.258 e. The second kappa shape index (κ2) is 11.8. The first-order valence-electron chi connectivity index (χ1n) is 12.8. The molecular formula is C32H31NO6. The Morgan fingerprint density at radius 1 is 0.744 bits per heavy atom. The molecule has 5 rings (SSSR count). The number of fused-ring (bicyclic) bond motifs is 1. The van der Waals surface area contributed by atoms with Gasteiger partial charge in [-0.2, -0.15) is 0 Å². The van der Waals surface area contributed by atoms with E-state index in [4.69, 9.17) is 23.7 Å². The predicted molar refractivity (Wildman–Crippen MR) is 148 cm³/mol. The Morgan fingerprint density at radius 2 is 1.41 bits per heavy atom. The van der Waals surface area contributed by atoms with Gasteiger partial charge in [-0.3, -0.25) is 4.79 Å². The summed E-state index contributed by atoms with van der Waals surface area (Å²) in [5.41, 5.74) is 2.54. The van der Waals surface area contributed by atoms with Crippen molar-refractivity contribution >= 4 is 5.91 Å². The van der Waals surface area contributed by atoms with Gasteiger partial charge in [-0.05, 0) is 78.2 Å². The third kappa shape index (κ3) is 5.62. The SMILES string of the molecule is COc1ccc(OCC2c3cc(OC)c(OC)cc3CCN2C(=O)c2ccccc2Oc2ccccc2)cc1. The number of benzene rings is 4. The molecule has 7 heteroatoms. The zero-order valence-electron chi connectivity index (χ0n) is 22.3. The Kier molecular flexibility index (Phi) is 7.87. The highest BCUT2D eigenvalue weighted by Crippen LogP contribution is 2.40. The van der Waals surface area contributed by atoms with Crippen LogP contribution in [0.15, 0.2) is 91.0 Å². The minimum absolute atomic E-state index is 0.134. The number of hydrogen-bond donors (Lipinski definition) is 0. The highest BCUT2D eigenvalue weighted by atomic mass is 16.5. The summed E-state index contributed by atoms with van der Waals surface area (Å²) >= 11 is 0. The van der Waals surface area contributed by atoms with E-state index < -0.39 is 0 Å². The molecule has 1 unspecified atom stereocenters. The first kappa shape index (κ1) is 26.0. The van der Waals surface area contributed by atoms with Crippen LogP contribution < -0.4 is 23.7 Å². The summed E-state index contributed by atoms with van der Waals surface area (Å²) < 4.78 is 28.7. The molecule has 0 N–H and O–H groups in total. The van der Waals surface area contributed by atoms with Crippen molar-refractivity contribution in [1.82, 2.24) is 4.90 Å². The van der Waals surface area contributed by atoms with Gasteiger partial charge >= 0.3 is 0 Å². The van der Waals surface area contributed by atoms with Gasteiger partial charge in [0.05, 0.1) is 32.9 Å². The second-order valence-electron chi connectivity index (χ2n) is 9.07. The quantitative estimate of drug-likeness (QED) is 0.255. The van der Waals surface area contributed by atoms with Gasteiger partial charge in [0.15, 0.2) is 11.5 Å². The van der Waals surface area contributed by atoms with Crippen LogP contribution in [0.3, 0.4) is 0 Å². The van der Waals surface area contributed by atoms with Crippen molar-refractivity contribution in [1.29, 1.82) is 0 Å². The molecule has 4 aromatic carbocycles. The highest BCUT2D eigenvalue weighted by Gasteiger charge is 2.34. The van der Waals surface area contributed by atoms with Crippen LogP contribution >= 0.6 is 0 Å². The Bertz CT molecular complexity index is 1420. The van der Waals surface area contributed by atoms with Gasteiger partial charge in [0.25, 0.3) is 5.91 Å². The first-order valence-corrected chi connectivity index (χ1v) is 12.8. The molecule has 0 radical (unpaired) electrons. The number of para-hydroxylation sites is 2. The maximum Gasteiger partial charge on any atom is 0.258 e. The lowest BCUT2D eigenvalue weighted by molar-refractivity contribution is 0.0586. The number of methoxy groups -OCH3 is 3. The fourth-order valence-corrected chi connectivity index (χ4v) is 4.80. The summed E-state index contributed by atoms with van der Waals surface area (Å²) in [6.07, 6.45) is 0.669. The Hall–Kier alpha value is -4.65. The van der Waals surface area contributed by atoms with Crippen molar-refractivity contribution < 1.29 is 28.5 Å². The summed E-state index contributed by atoms with van der Waals surface area (Å²) in [4.78, 5) is 16.0. The molecule has 1 amide bonds. The molecule has 1 heterocycles. The number of hydrogen-bond acceptors (Lipinski definition) is 6. The highest BCUT2D eigenvalue weighted by molar-refractivity contribution is 5.97. The number of rotatable bonds is 9. The van der Waals surface area contributed by atoms with Gasteiger partial charge in [-0.15, -0.1) is 0 Å². The summed E-state index contributed by atoms with van der Waals surface area (Å²) in [5.74, 6) is 3.72. The minimum atomic E-state index is -0.368. The van der Waals surface area contributed by atoms with Crippen molar-refractivity contribution in [2.45, 2.75) is 12.5 Å². The molecule has 1 atom stereocenters. The summed E-state index contributed by atoms with van der Waals surface area (Å²) in [5, 5.41) is 0. The van der Waals surface area contributed by atoms with Gasteiger partial charge in [-0.1, -0.05) is 30.3 Å². The largest absolute Gasteiger partial charge is 0.497 e. The van der Waals surface area contributed by atoms with E-state index >= 15 is 0 Å². The molecule has 0 aliphatic carbocycles. The molecule has 0 saturated carbocycles. The molecule has 4 aromatic rings. The normalized spacial score (nSPS) is 14.2. The first-order chi connectivity index (χ1) is 19.1. The summed E-state index contributed by atoms with van der Waals surface area (Å²) in [6, 6.07) is 27.7. The van der Waals surface area contributed by atoms with Gasteiger partial charge in [-0.25, -0.2) is 0 Å². The van der Waals surface area contributed by atoms with Crippen LogP contribution in [0.4, 0.5) is 0 Å². The van der Waals surface area contributed by atoms with Crippen LogP contribution in [-0.2, 0) is 6.42 Å². The maximum atomic E-state index is 14.1. The monoisotopic (exact) mass is 525 g/mol. The third-order valence-corrected chi connectivity index (χ3v) is 6.82. The number of carbonyl (C=O) groups excluding carboxylic acids is 1. The number of amides is 1. The fourth-order valence-electron chi connectivity index (χ4n) is 4.80. The minimum Gasteiger partial charge on any atom is -0.497 e. The summed E-state index contributed by atoms with van der Waals surface area (Å²) in [6.45, 7) is 0.764. The average molecular weight is 526 g/mol. The zero-order chi connectivity index (χ0) is 27.2. The third-order valence-electron chi connectivity index (χ3n) is 6.82. The predicted octanol–water partition coefficient (Wildman–Crippen LogP) is 6.32. The van der Waals surface area contributed by atoms with Gasteiger partial charge < -0.3 is 28.6 Å². The Morgan fingerprint density at radius 3 is 2.13 bits per heavy atom. The number of nitrogens with zero attached hydrogens (tertiary/aromatic N) is 1. The van der Waals surface area contributed by atoms with E-state index in [1.165, 1.54) is 0 Å².